The van der Waals surface area contributed by atoms with Gasteiger partial charge in [0.2, 0.25) is 11.1 Å². The number of nitrogens with zero attached hydrogens (tertiary/aromatic N) is 3. The van der Waals surface area contributed by atoms with Gasteiger partial charge in [-0.15, -0.1) is 5.10 Å². The minimum absolute atomic E-state index is 0.156. The van der Waals surface area contributed by atoms with E-state index in [9.17, 15) is 4.79 Å². The SMILES string of the molecule is CCSc1nc2n(n1)C(c1ccc(OCc3cccc(C)c3)c(OC)c1)C1=C(CCCC1=O)N2. The van der Waals surface area contributed by atoms with Crippen molar-refractivity contribution in [3.05, 3.63) is 70.4 Å². The first kappa shape index (κ1) is 22.5. The fraction of sp³-hybridized carbons (Fsp3) is 0.346. The van der Waals surface area contributed by atoms with Crippen LogP contribution in [-0.2, 0) is 11.4 Å². The van der Waals surface area contributed by atoms with Crippen molar-refractivity contribution in [2.24, 2.45) is 0 Å². The summed E-state index contributed by atoms with van der Waals surface area (Å²) in [5.74, 6) is 2.99. The van der Waals surface area contributed by atoms with E-state index in [2.05, 4.69) is 36.3 Å². The molecule has 2 aliphatic rings. The summed E-state index contributed by atoms with van der Waals surface area (Å²) in [6.07, 6.45) is 2.22. The summed E-state index contributed by atoms with van der Waals surface area (Å²) < 4.78 is 13.6. The predicted octanol–water partition coefficient (Wildman–Crippen LogP) is 5.31. The van der Waals surface area contributed by atoms with Crippen molar-refractivity contribution < 1.29 is 14.3 Å². The summed E-state index contributed by atoms with van der Waals surface area (Å²) in [5, 5.41) is 8.80. The maximum absolute atomic E-state index is 13.0. The van der Waals surface area contributed by atoms with Crippen LogP contribution < -0.4 is 14.8 Å². The minimum atomic E-state index is -0.350. The molecule has 1 N–H and O–H groups in total. The van der Waals surface area contributed by atoms with Crippen LogP contribution in [0.4, 0.5) is 5.95 Å². The third-order valence-corrected chi connectivity index (χ3v) is 6.82. The van der Waals surface area contributed by atoms with E-state index in [1.54, 1.807) is 18.9 Å². The lowest BCUT2D eigenvalue weighted by molar-refractivity contribution is -0.116. The van der Waals surface area contributed by atoms with Crippen LogP contribution in [0.5, 0.6) is 11.5 Å². The number of hydrogen-bond acceptors (Lipinski definition) is 7. The topological polar surface area (TPSA) is 78.3 Å². The van der Waals surface area contributed by atoms with Gasteiger partial charge < -0.3 is 14.8 Å². The largest absolute Gasteiger partial charge is 0.493 e. The van der Waals surface area contributed by atoms with Crippen LogP contribution >= 0.6 is 11.8 Å². The number of allylic oxidation sites excluding steroid dienone is 2. The number of aryl methyl sites for hydroxylation is 1. The van der Waals surface area contributed by atoms with Crippen molar-refractivity contribution in [3.63, 3.8) is 0 Å². The van der Waals surface area contributed by atoms with Gasteiger partial charge in [0.05, 0.1) is 7.11 Å². The van der Waals surface area contributed by atoms with Gasteiger partial charge in [-0.25, -0.2) is 4.68 Å². The lowest BCUT2D eigenvalue weighted by Crippen LogP contribution is -2.31. The summed E-state index contributed by atoms with van der Waals surface area (Å²) in [7, 11) is 1.63. The number of methoxy groups -OCH3 is 1. The van der Waals surface area contributed by atoms with Gasteiger partial charge in [-0.3, -0.25) is 4.79 Å². The molecule has 7 nitrogen and oxygen atoms in total. The number of Topliss-reactive ketones (excluding diaryl/α,β-unsaturated/α-hetero) is 1. The average Bonchev–Trinajstić information content (AvgIpc) is 3.24. The fourth-order valence-corrected chi connectivity index (χ4v) is 5.13. The standard InChI is InChI=1S/C26H28N4O3S/c1-4-34-26-28-25-27-19-9-6-10-20(31)23(19)24(30(25)29-26)18-11-12-21(22(14-18)32-3)33-15-17-8-5-7-16(2)13-17/h5,7-8,11-14,24H,4,6,9-10,15H2,1-3H3,(H,27,28,29). The normalized spacial score (nSPS) is 17.1. The number of nitrogens with one attached hydrogen (secondary N) is 1. The first-order valence-corrected chi connectivity index (χ1v) is 12.5. The zero-order valence-electron chi connectivity index (χ0n) is 19.6. The van der Waals surface area contributed by atoms with E-state index in [-0.39, 0.29) is 11.8 Å². The van der Waals surface area contributed by atoms with Crippen molar-refractivity contribution in [2.75, 3.05) is 18.2 Å². The number of rotatable bonds is 7. The van der Waals surface area contributed by atoms with E-state index in [1.165, 1.54) is 5.56 Å². The molecule has 0 spiro atoms. The highest BCUT2D eigenvalue weighted by Gasteiger charge is 2.37. The molecule has 2 heterocycles. The molecule has 0 bridgehead atoms. The summed E-state index contributed by atoms with van der Waals surface area (Å²) in [6.45, 7) is 4.59. The Kier molecular flexibility index (Phi) is 6.32. The number of carbonyl (C=O) groups excluding carboxylic acids is 1. The Labute approximate surface area is 203 Å². The van der Waals surface area contributed by atoms with Gasteiger partial charge in [0.15, 0.2) is 17.3 Å². The second-order valence-electron chi connectivity index (χ2n) is 8.48. The molecule has 176 valence electrons. The molecule has 0 amide bonds. The molecule has 1 aliphatic carbocycles. The van der Waals surface area contributed by atoms with Crippen molar-refractivity contribution in [1.29, 1.82) is 0 Å². The molecular formula is C26H28N4O3S. The highest BCUT2D eigenvalue weighted by molar-refractivity contribution is 7.99. The number of hydrogen-bond donors (Lipinski definition) is 1. The minimum Gasteiger partial charge on any atom is -0.493 e. The molecular weight excluding hydrogens is 448 g/mol. The van der Waals surface area contributed by atoms with Crippen molar-refractivity contribution in [2.45, 2.75) is 50.9 Å². The Balaban J connectivity index is 1.51. The van der Waals surface area contributed by atoms with Crippen molar-refractivity contribution >= 4 is 23.5 Å². The molecule has 5 rings (SSSR count). The van der Waals surface area contributed by atoms with E-state index >= 15 is 0 Å². The molecule has 0 fully saturated rings. The Hall–Kier alpha value is -3.26. The second kappa shape index (κ2) is 9.54. The number of carbonyl (C=O) groups is 1. The van der Waals surface area contributed by atoms with E-state index in [4.69, 9.17) is 14.6 Å². The van der Waals surface area contributed by atoms with Crippen LogP contribution in [0.1, 0.15) is 48.9 Å². The maximum Gasteiger partial charge on any atom is 0.227 e. The quantitative estimate of drug-likeness (QED) is 0.463. The second-order valence-corrected chi connectivity index (χ2v) is 9.71. The van der Waals surface area contributed by atoms with E-state index in [0.29, 0.717) is 35.6 Å². The van der Waals surface area contributed by atoms with Crippen LogP contribution in [-0.4, -0.2) is 33.4 Å². The van der Waals surface area contributed by atoms with Crippen LogP contribution in [0.2, 0.25) is 0 Å². The first-order valence-electron chi connectivity index (χ1n) is 11.6. The smallest absolute Gasteiger partial charge is 0.227 e. The van der Waals surface area contributed by atoms with E-state index in [1.807, 2.05) is 35.0 Å². The third kappa shape index (κ3) is 4.30. The number of thioether (sulfide) groups is 1. The predicted molar refractivity (Wildman–Crippen MR) is 133 cm³/mol. The van der Waals surface area contributed by atoms with E-state index < -0.39 is 0 Å². The van der Waals surface area contributed by atoms with Gasteiger partial charge >= 0.3 is 0 Å². The maximum atomic E-state index is 13.0. The monoisotopic (exact) mass is 476 g/mol. The molecule has 1 aromatic heterocycles. The Morgan fingerprint density at radius 2 is 2.06 bits per heavy atom. The number of fused-ring (bicyclic) bond motifs is 1. The lowest BCUT2D eigenvalue weighted by Gasteiger charge is -2.32. The van der Waals surface area contributed by atoms with Crippen LogP contribution in [0.15, 0.2) is 58.9 Å². The zero-order valence-corrected chi connectivity index (χ0v) is 20.4. The Bertz CT molecular complexity index is 1270. The zero-order chi connectivity index (χ0) is 23.7. The molecule has 34 heavy (non-hydrogen) atoms. The summed E-state index contributed by atoms with van der Waals surface area (Å²) in [5.41, 5.74) is 4.93. The van der Waals surface area contributed by atoms with Gasteiger partial charge in [-0.05, 0) is 48.8 Å². The molecule has 0 saturated carbocycles. The molecule has 8 heteroatoms. The Morgan fingerprint density at radius 1 is 1.18 bits per heavy atom. The van der Waals surface area contributed by atoms with Crippen LogP contribution in [0, 0.1) is 6.92 Å². The Morgan fingerprint density at radius 3 is 2.85 bits per heavy atom. The van der Waals surface area contributed by atoms with Gasteiger partial charge in [-0.2, -0.15) is 4.98 Å². The molecule has 0 radical (unpaired) electrons. The van der Waals surface area contributed by atoms with Crippen molar-refractivity contribution in [1.82, 2.24) is 14.8 Å². The van der Waals surface area contributed by atoms with Gasteiger partial charge in [-0.1, -0.05) is 54.6 Å². The molecule has 1 unspecified atom stereocenters. The number of benzene rings is 2. The van der Waals surface area contributed by atoms with Crippen LogP contribution in [0.25, 0.3) is 0 Å². The molecule has 3 aromatic rings. The van der Waals surface area contributed by atoms with Crippen molar-refractivity contribution in [3.8, 4) is 11.5 Å². The van der Waals surface area contributed by atoms with Gasteiger partial charge in [0.25, 0.3) is 0 Å². The average molecular weight is 477 g/mol. The number of ether oxygens (including phenoxy) is 2. The lowest BCUT2D eigenvalue weighted by atomic mass is 9.85. The molecule has 2 aromatic carbocycles. The number of aromatic nitrogens is 3. The highest BCUT2D eigenvalue weighted by Crippen LogP contribution is 2.42. The molecule has 1 aliphatic heterocycles. The van der Waals surface area contributed by atoms with Gasteiger partial charge in [0.1, 0.15) is 12.6 Å². The van der Waals surface area contributed by atoms with E-state index in [0.717, 1.165) is 41.0 Å². The summed E-state index contributed by atoms with van der Waals surface area (Å²) in [4.78, 5) is 17.7. The van der Waals surface area contributed by atoms with Gasteiger partial charge in [0, 0.05) is 17.7 Å². The highest BCUT2D eigenvalue weighted by atomic mass is 32.2. The third-order valence-electron chi connectivity index (χ3n) is 6.10. The first-order chi connectivity index (χ1) is 16.6. The molecule has 0 saturated heterocycles. The number of ketones is 1. The summed E-state index contributed by atoms with van der Waals surface area (Å²) >= 11 is 1.58. The molecule has 1 atom stereocenters. The fourth-order valence-electron chi connectivity index (χ4n) is 4.57. The number of anilines is 1. The van der Waals surface area contributed by atoms with Crippen LogP contribution in [0.3, 0.4) is 0 Å². The summed E-state index contributed by atoms with van der Waals surface area (Å²) in [6, 6.07) is 13.8.